The lowest BCUT2D eigenvalue weighted by atomic mass is 10.1. The SMILES string of the molecule is Cc1cc(C(C)N2Cc3c(ccnc3NC(=O)CC(C)C)C2=O)cnc1OCC(F)F. The minimum Gasteiger partial charge on any atom is -0.471 e. The van der Waals surface area contributed by atoms with Crippen molar-refractivity contribution in [2.45, 2.75) is 53.1 Å². The number of anilines is 1. The summed E-state index contributed by atoms with van der Waals surface area (Å²) in [5.41, 5.74) is 2.54. The van der Waals surface area contributed by atoms with Crippen LogP contribution >= 0.6 is 0 Å². The van der Waals surface area contributed by atoms with Crippen LogP contribution < -0.4 is 10.1 Å². The molecule has 0 aliphatic carbocycles. The normalized spacial score (nSPS) is 14.2. The number of carbonyl (C=O) groups is 2. The standard InChI is InChI=1S/C22H26F2N4O3/c1-12(2)7-19(29)27-20-17-10-28(22(30)16(17)5-6-25-20)14(4)15-8-13(3)21(26-9-15)31-11-18(23)24/h5-6,8-9,12,14,18H,7,10-11H2,1-4H3,(H,25,27,29). The monoisotopic (exact) mass is 432 g/mol. The number of fused-ring (bicyclic) bond motifs is 1. The van der Waals surface area contributed by atoms with Gasteiger partial charge in [-0.3, -0.25) is 9.59 Å². The lowest BCUT2D eigenvalue weighted by molar-refractivity contribution is -0.116. The third-order valence-electron chi connectivity index (χ3n) is 5.07. The number of nitrogens with zero attached hydrogens (tertiary/aromatic N) is 3. The maximum Gasteiger partial charge on any atom is 0.272 e. The van der Waals surface area contributed by atoms with E-state index < -0.39 is 13.0 Å². The molecule has 166 valence electrons. The molecule has 2 aromatic rings. The Balaban J connectivity index is 1.78. The summed E-state index contributed by atoms with van der Waals surface area (Å²) in [6.07, 6.45) is 0.823. The smallest absolute Gasteiger partial charge is 0.272 e. The fourth-order valence-corrected chi connectivity index (χ4v) is 3.51. The van der Waals surface area contributed by atoms with E-state index in [1.807, 2.05) is 20.8 Å². The summed E-state index contributed by atoms with van der Waals surface area (Å²) in [7, 11) is 0. The number of ether oxygens (including phenoxy) is 1. The van der Waals surface area contributed by atoms with Crippen LogP contribution in [0.25, 0.3) is 0 Å². The van der Waals surface area contributed by atoms with Gasteiger partial charge in [-0.2, -0.15) is 0 Å². The number of halogens is 2. The zero-order valence-corrected chi connectivity index (χ0v) is 18.0. The van der Waals surface area contributed by atoms with Crippen LogP contribution in [0.3, 0.4) is 0 Å². The first-order valence-electron chi connectivity index (χ1n) is 10.1. The topological polar surface area (TPSA) is 84.4 Å². The molecule has 1 atom stereocenters. The van der Waals surface area contributed by atoms with Crippen LogP contribution in [0.1, 0.15) is 60.3 Å². The van der Waals surface area contributed by atoms with Crippen LogP contribution in [-0.2, 0) is 11.3 Å². The quantitative estimate of drug-likeness (QED) is 0.678. The number of carbonyl (C=O) groups excluding carboxylic acids is 2. The summed E-state index contributed by atoms with van der Waals surface area (Å²) in [5, 5.41) is 2.81. The van der Waals surface area contributed by atoms with Crippen molar-refractivity contribution < 1.29 is 23.1 Å². The van der Waals surface area contributed by atoms with E-state index in [-0.39, 0.29) is 29.7 Å². The number of aromatic nitrogens is 2. The van der Waals surface area contributed by atoms with Crippen molar-refractivity contribution in [1.82, 2.24) is 14.9 Å². The summed E-state index contributed by atoms with van der Waals surface area (Å²) >= 11 is 0. The van der Waals surface area contributed by atoms with Gasteiger partial charge in [-0.05, 0) is 37.5 Å². The molecule has 9 heteroatoms. The predicted molar refractivity (Wildman–Crippen MR) is 111 cm³/mol. The Bertz CT molecular complexity index is 981. The number of aryl methyl sites for hydroxylation is 1. The molecule has 1 aliphatic rings. The van der Waals surface area contributed by atoms with Gasteiger partial charge in [0.2, 0.25) is 11.8 Å². The second-order valence-electron chi connectivity index (χ2n) is 8.03. The Kier molecular flexibility index (Phi) is 6.82. The molecule has 2 amide bonds. The molecule has 0 aromatic carbocycles. The number of rotatable bonds is 8. The third-order valence-corrected chi connectivity index (χ3v) is 5.07. The molecule has 0 bridgehead atoms. The molecule has 7 nitrogen and oxygen atoms in total. The Morgan fingerprint density at radius 1 is 1.29 bits per heavy atom. The number of amides is 2. The van der Waals surface area contributed by atoms with E-state index in [9.17, 15) is 18.4 Å². The fourth-order valence-electron chi connectivity index (χ4n) is 3.51. The maximum absolute atomic E-state index is 13.0. The van der Waals surface area contributed by atoms with E-state index in [1.54, 1.807) is 24.0 Å². The summed E-state index contributed by atoms with van der Waals surface area (Å²) < 4.78 is 29.8. The van der Waals surface area contributed by atoms with E-state index in [0.29, 0.717) is 35.5 Å². The van der Waals surface area contributed by atoms with E-state index >= 15 is 0 Å². The fraction of sp³-hybridized carbons (Fsp3) is 0.455. The van der Waals surface area contributed by atoms with Crippen LogP contribution in [-0.4, -0.2) is 39.7 Å². The Morgan fingerprint density at radius 2 is 2.03 bits per heavy atom. The first-order valence-corrected chi connectivity index (χ1v) is 10.1. The van der Waals surface area contributed by atoms with Gasteiger partial charge in [0.1, 0.15) is 5.82 Å². The van der Waals surface area contributed by atoms with Gasteiger partial charge in [0.25, 0.3) is 12.3 Å². The second-order valence-corrected chi connectivity index (χ2v) is 8.03. The average Bonchev–Trinajstić information content (AvgIpc) is 3.03. The lowest BCUT2D eigenvalue weighted by Crippen LogP contribution is -2.27. The van der Waals surface area contributed by atoms with Crippen LogP contribution in [0.2, 0.25) is 0 Å². The number of nitrogens with one attached hydrogen (secondary N) is 1. The zero-order chi connectivity index (χ0) is 22.7. The molecule has 1 unspecified atom stereocenters. The predicted octanol–water partition coefficient (Wildman–Crippen LogP) is 4.13. The summed E-state index contributed by atoms with van der Waals surface area (Å²) in [6.45, 7) is 7.07. The molecular formula is C22H26F2N4O3. The molecule has 0 saturated carbocycles. The Labute approximate surface area is 179 Å². The Morgan fingerprint density at radius 3 is 2.68 bits per heavy atom. The highest BCUT2D eigenvalue weighted by Crippen LogP contribution is 2.34. The number of hydrogen-bond donors (Lipinski definition) is 1. The third kappa shape index (κ3) is 5.15. The molecule has 0 radical (unpaired) electrons. The van der Waals surface area contributed by atoms with E-state index in [2.05, 4.69) is 15.3 Å². The maximum atomic E-state index is 13.0. The molecule has 1 aliphatic heterocycles. The summed E-state index contributed by atoms with van der Waals surface area (Å²) in [4.78, 5) is 35.3. The number of pyridine rings is 2. The van der Waals surface area contributed by atoms with Crippen molar-refractivity contribution in [3.63, 3.8) is 0 Å². The molecule has 3 heterocycles. The van der Waals surface area contributed by atoms with Crippen LogP contribution in [0.15, 0.2) is 24.5 Å². The summed E-state index contributed by atoms with van der Waals surface area (Å²) in [6, 6.07) is 3.10. The van der Waals surface area contributed by atoms with Gasteiger partial charge in [-0.25, -0.2) is 18.7 Å². The zero-order valence-electron chi connectivity index (χ0n) is 18.0. The molecule has 0 spiro atoms. The first-order chi connectivity index (χ1) is 14.7. The van der Waals surface area contributed by atoms with Gasteiger partial charge in [0, 0.05) is 35.5 Å². The molecule has 3 rings (SSSR count). The van der Waals surface area contributed by atoms with Crippen molar-refractivity contribution in [3.05, 3.63) is 46.8 Å². The average molecular weight is 432 g/mol. The molecule has 0 saturated heterocycles. The highest BCUT2D eigenvalue weighted by molar-refractivity contribution is 6.01. The van der Waals surface area contributed by atoms with Crippen LogP contribution in [0.5, 0.6) is 5.88 Å². The largest absolute Gasteiger partial charge is 0.471 e. The van der Waals surface area contributed by atoms with Crippen LogP contribution in [0, 0.1) is 12.8 Å². The highest BCUT2D eigenvalue weighted by Gasteiger charge is 2.34. The van der Waals surface area contributed by atoms with E-state index in [1.165, 1.54) is 12.4 Å². The minimum atomic E-state index is -2.58. The second kappa shape index (κ2) is 9.36. The van der Waals surface area contributed by atoms with Gasteiger partial charge in [-0.15, -0.1) is 0 Å². The van der Waals surface area contributed by atoms with Gasteiger partial charge in [-0.1, -0.05) is 13.8 Å². The van der Waals surface area contributed by atoms with Crippen molar-refractivity contribution >= 4 is 17.6 Å². The van der Waals surface area contributed by atoms with Crippen molar-refractivity contribution in [1.29, 1.82) is 0 Å². The number of hydrogen-bond acceptors (Lipinski definition) is 5. The van der Waals surface area contributed by atoms with Gasteiger partial charge in [0.15, 0.2) is 6.61 Å². The van der Waals surface area contributed by atoms with Crippen LogP contribution in [0.4, 0.5) is 14.6 Å². The molecule has 31 heavy (non-hydrogen) atoms. The molecular weight excluding hydrogens is 406 g/mol. The van der Waals surface area contributed by atoms with Crippen molar-refractivity contribution in [3.8, 4) is 5.88 Å². The molecule has 0 fully saturated rings. The summed E-state index contributed by atoms with van der Waals surface area (Å²) in [5.74, 6) is 0.440. The van der Waals surface area contributed by atoms with Gasteiger partial charge in [0.05, 0.1) is 12.6 Å². The van der Waals surface area contributed by atoms with Crippen molar-refractivity contribution in [2.75, 3.05) is 11.9 Å². The van der Waals surface area contributed by atoms with Gasteiger partial charge < -0.3 is 15.0 Å². The highest BCUT2D eigenvalue weighted by atomic mass is 19.3. The first kappa shape index (κ1) is 22.6. The van der Waals surface area contributed by atoms with Crippen molar-refractivity contribution in [2.24, 2.45) is 5.92 Å². The number of alkyl halides is 2. The molecule has 1 N–H and O–H groups in total. The molecule has 2 aromatic heterocycles. The van der Waals surface area contributed by atoms with E-state index in [0.717, 1.165) is 5.56 Å². The van der Waals surface area contributed by atoms with Gasteiger partial charge >= 0.3 is 0 Å². The Hall–Kier alpha value is -3.10. The minimum absolute atomic E-state index is 0.144. The lowest BCUT2D eigenvalue weighted by Gasteiger charge is -2.25. The van der Waals surface area contributed by atoms with E-state index in [4.69, 9.17) is 4.74 Å².